The molecule has 14 rings (SSSR count). The van der Waals surface area contributed by atoms with E-state index in [1.54, 1.807) is 91.1 Å². The van der Waals surface area contributed by atoms with Crippen LogP contribution in [0, 0.1) is 49.3 Å². The minimum absolute atomic E-state index is 0.00623. The number of hydrogen-bond donors (Lipinski definition) is 3. The minimum Gasteiger partial charge on any atom is -0.432 e. The van der Waals surface area contributed by atoms with Gasteiger partial charge in [-0.2, -0.15) is 29.7 Å². The molecule has 0 bridgehead atoms. The largest absolute Gasteiger partial charge is 0.432 e. The van der Waals surface area contributed by atoms with Crippen molar-refractivity contribution in [3.63, 3.8) is 0 Å². The molecule has 0 aliphatic heterocycles. The molecule has 0 spiro atoms. The molecule has 0 aliphatic rings. The molecule has 0 fully saturated rings. The number of oxazole rings is 3. The first-order valence-electron chi connectivity index (χ1n) is 31.0. The summed E-state index contributed by atoms with van der Waals surface area (Å²) in [5.41, 5.74) is 8.64. The number of nitrogens with two attached hydrogens (primary N) is 1. The molecule has 0 saturated carbocycles. The van der Waals surface area contributed by atoms with Gasteiger partial charge in [-0.25, -0.2) is 32.2 Å². The van der Waals surface area contributed by atoms with E-state index in [0.29, 0.717) is 57.3 Å². The summed E-state index contributed by atoms with van der Waals surface area (Å²) in [5, 5.41) is 33.5. The van der Waals surface area contributed by atoms with E-state index in [-0.39, 0.29) is 67.5 Å². The zero-order valence-corrected chi connectivity index (χ0v) is 59.0. The van der Waals surface area contributed by atoms with Crippen LogP contribution in [-0.4, -0.2) is 92.8 Å². The number of rotatable bonds is 12. The molecule has 0 aliphatic carbocycles. The van der Waals surface area contributed by atoms with Crippen LogP contribution < -0.4 is 16.7 Å². The number of aldehydes is 1. The van der Waals surface area contributed by atoms with Crippen molar-refractivity contribution in [1.29, 1.82) is 0 Å². The second-order valence-corrected chi connectivity index (χ2v) is 28.7. The van der Waals surface area contributed by atoms with Gasteiger partial charge in [0.25, 0.3) is 0 Å². The number of hydrogen-bond acceptors (Lipinski definition) is 22. The van der Waals surface area contributed by atoms with Crippen LogP contribution in [-0.2, 0) is 25.9 Å². The van der Waals surface area contributed by atoms with E-state index in [9.17, 15) is 40.7 Å². The summed E-state index contributed by atoms with van der Waals surface area (Å²) in [7, 11) is 0. The first-order chi connectivity index (χ1) is 49.0. The van der Waals surface area contributed by atoms with Gasteiger partial charge in [0.15, 0.2) is 23.1 Å². The molecule has 4 N–H and O–H groups in total. The average Bonchev–Trinajstić information content (AvgIpc) is 1.62. The molecule has 33 heteroatoms. The topological polar surface area (TPSA) is 318 Å². The van der Waals surface area contributed by atoms with Crippen molar-refractivity contribution in [2.45, 2.75) is 81.6 Å². The van der Waals surface area contributed by atoms with Crippen LogP contribution in [0.2, 0.25) is 0 Å². The summed E-state index contributed by atoms with van der Waals surface area (Å²) in [4.78, 5) is 44.4. The van der Waals surface area contributed by atoms with E-state index < -0.39 is 67.5 Å². The predicted octanol–water partition coefficient (Wildman–Crippen LogP) is 15.2. The molecule has 10 heterocycles. The Kier molecular flexibility index (Phi) is 22.4. The second kappa shape index (κ2) is 31.3. The summed E-state index contributed by atoms with van der Waals surface area (Å²) in [6.07, 6.45) is 11.9. The van der Waals surface area contributed by atoms with Crippen LogP contribution in [0.3, 0.4) is 0 Å². The van der Waals surface area contributed by atoms with E-state index in [1.807, 2.05) is 80.5 Å². The number of halogens is 7. The number of carbonyl (C=O) groups excluding carboxylic acids is 3. The SMILES string of the molecule is CC(=O)OI(OC(C)=O)c1ccccc1.CC(C)(C)/C=N/Nc1ccc(-c2c(-c3cc(F)ccc3F)nc3occn23)nn1.CC(C)(C)C=O.CC(C)(C)c1nnc2ccc(-c3c(-c4cc(F)ccc4F)nc4occn34)nn12.NNc1ccc(-c2c(-c3cc(F)ccc3F)nc3occn23)nn1. The van der Waals surface area contributed by atoms with Gasteiger partial charge in [-0.3, -0.25) is 18.6 Å². The number of anilines is 2. The third-order valence-corrected chi connectivity index (χ3v) is 17.5. The maximum Gasteiger partial charge on any atom is 0.306 e. The Morgan fingerprint density at radius 1 is 0.524 bits per heavy atom. The Morgan fingerprint density at radius 2 is 0.942 bits per heavy atom. The molecule has 532 valence electrons. The van der Waals surface area contributed by atoms with Gasteiger partial charge in [-0.1, -0.05) is 62.3 Å². The van der Waals surface area contributed by atoms with E-state index in [0.717, 1.165) is 64.5 Å². The van der Waals surface area contributed by atoms with Crippen LogP contribution in [0.1, 0.15) is 82.0 Å². The number of imidazole rings is 3. The van der Waals surface area contributed by atoms with Crippen molar-refractivity contribution in [3.8, 4) is 67.9 Å². The third-order valence-electron chi connectivity index (χ3n) is 13.7. The fourth-order valence-electron chi connectivity index (χ4n) is 9.24. The number of fused-ring (bicyclic) bond motifs is 4. The number of benzene rings is 4. The third kappa shape index (κ3) is 18.0. The Labute approximate surface area is 590 Å². The van der Waals surface area contributed by atoms with Crippen molar-refractivity contribution in [2.24, 2.45) is 21.8 Å². The molecule has 0 amide bonds. The van der Waals surface area contributed by atoms with Crippen molar-refractivity contribution in [2.75, 3.05) is 10.9 Å². The molecule has 4 aromatic carbocycles. The summed E-state index contributed by atoms with van der Waals surface area (Å²) in [6.45, 7) is 20.3. The van der Waals surface area contributed by atoms with Gasteiger partial charge in [0.2, 0.25) is 0 Å². The van der Waals surface area contributed by atoms with E-state index >= 15 is 0 Å². The predicted molar refractivity (Wildman–Crippen MR) is 377 cm³/mol. The normalized spacial score (nSPS) is 11.7. The Morgan fingerprint density at radius 3 is 1.32 bits per heavy atom. The summed E-state index contributed by atoms with van der Waals surface area (Å²) in [5.74, 6) is 3.13. The van der Waals surface area contributed by atoms with Gasteiger partial charge >= 0.3 is 114 Å². The summed E-state index contributed by atoms with van der Waals surface area (Å²) >= 11 is -2.59. The molecular weight excluding hydrogens is 1460 g/mol. The summed E-state index contributed by atoms with van der Waals surface area (Å²) < 4.78 is 117. The number of aromatic nitrogens is 14. The van der Waals surface area contributed by atoms with E-state index in [1.165, 1.54) is 32.6 Å². The zero-order chi connectivity index (χ0) is 74.1. The molecule has 0 atom stereocenters. The van der Waals surface area contributed by atoms with Gasteiger partial charge < -0.3 is 23.5 Å². The summed E-state index contributed by atoms with van der Waals surface area (Å²) in [6, 6.07) is 28.8. The number of nitrogens with zero attached hydrogens (tertiary/aromatic N) is 15. The quantitative estimate of drug-likeness (QED) is 0.0255. The molecule has 10 aromatic heterocycles. The van der Waals surface area contributed by atoms with Crippen LogP contribution in [0.25, 0.3) is 91.1 Å². The Balaban J connectivity index is 0.000000147. The molecule has 0 unspecified atom stereocenters. The monoisotopic (exact) mass is 1530 g/mol. The van der Waals surface area contributed by atoms with Crippen LogP contribution >= 0.6 is 20.6 Å². The van der Waals surface area contributed by atoms with E-state index in [4.69, 9.17) is 25.2 Å². The van der Waals surface area contributed by atoms with Crippen molar-refractivity contribution >= 4 is 79.9 Å². The smallest absolute Gasteiger partial charge is 0.306 e. The first kappa shape index (κ1) is 73.7. The molecule has 14 aromatic rings. The molecule has 26 nitrogen and oxygen atoms in total. The first-order valence-corrected chi connectivity index (χ1v) is 33.8. The number of nitrogen functional groups attached to an aromatic ring is 1. The van der Waals surface area contributed by atoms with Crippen LogP contribution in [0.5, 0.6) is 0 Å². The molecule has 103 heavy (non-hydrogen) atoms. The molecule has 0 radical (unpaired) electrons. The Bertz CT molecular complexity index is 5330. The van der Waals surface area contributed by atoms with Crippen molar-refractivity contribution in [1.82, 2.24) is 68.4 Å². The fourth-order valence-corrected chi connectivity index (χ4v) is 12.0. The fraction of sp³-hybridized carbons (Fsp3) is 0.200. The maximum absolute atomic E-state index is 14.5. The number of carbonyl (C=O) groups is 3. The zero-order valence-electron chi connectivity index (χ0n) is 56.9. The Hall–Kier alpha value is -12.0. The van der Waals surface area contributed by atoms with Crippen molar-refractivity contribution in [3.05, 3.63) is 203 Å². The van der Waals surface area contributed by atoms with Gasteiger partial charge in [-0.05, 0) is 96.4 Å². The van der Waals surface area contributed by atoms with E-state index in [2.05, 4.69) is 66.6 Å². The van der Waals surface area contributed by atoms with Gasteiger partial charge in [0.05, 0.1) is 0 Å². The maximum atomic E-state index is 14.5. The number of hydrazone groups is 1. The average molecular weight is 1530 g/mol. The molecule has 0 saturated heterocycles. The standard InChI is InChI=1S/C20H16F2N6O.C20H18F2N6O.C15H10F2N6O.C10H11IO4.C5H10O/c1-20(2,3)18-25-24-15-7-6-14(26-28(15)18)17-16(23-19-27(17)8-9-29-19)12-10-11(21)4-5-13(12)22;1-20(2,3)11-23-26-16-7-6-15(25-27-16)18-17(24-19-28(18)8-9-29-19)13-10-12(21)4-5-14(13)22;16-8-1-2-10(17)9(7-8)13-14(23-5-6-24-15(23)19-13)11-3-4-12(20-18)22-21-11;1-8(12)14-11(15-9(2)13)10-6-4-3-5-7-10;1-5(2,3)4-6/h4-10H,1-3H3;4-11H,1-3H3,(H,26,27);1-7H,18H2,(H,20,22);3-7H,1-2H3;4H,1-3H3/b;23-11+;;;. The van der Waals surface area contributed by atoms with Gasteiger partial charge in [-0.15, -0.1) is 30.6 Å². The van der Waals surface area contributed by atoms with Crippen LogP contribution in [0.4, 0.5) is 38.0 Å². The number of nitrogens with one attached hydrogen (secondary N) is 2. The van der Waals surface area contributed by atoms with Gasteiger partial charge in [0.1, 0.15) is 111 Å². The van der Waals surface area contributed by atoms with Gasteiger partial charge in [0, 0.05) is 52.3 Å². The second-order valence-electron chi connectivity index (χ2n) is 25.4. The molecular formula is C70H65F6IN18O8. The number of hydrazine groups is 1. The minimum atomic E-state index is -2.59. The van der Waals surface area contributed by atoms with Crippen molar-refractivity contribution < 1.29 is 60.1 Å². The van der Waals surface area contributed by atoms with Crippen LogP contribution in [0.15, 0.2) is 177 Å².